The lowest BCUT2D eigenvalue weighted by molar-refractivity contribution is 0.776. The number of benzene rings is 2. The van der Waals surface area contributed by atoms with E-state index in [4.69, 9.17) is 0 Å². The molecule has 4 aromatic rings. The van der Waals surface area contributed by atoms with Gasteiger partial charge in [0.1, 0.15) is 5.82 Å². The van der Waals surface area contributed by atoms with Crippen LogP contribution >= 0.6 is 11.8 Å². The highest BCUT2D eigenvalue weighted by Crippen LogP contribution is 2.41. The van der Waals surface area contributed by atoms with Gasteiger partial charge in [0.2, 0.25) is 0 Å². The molecule has 0 radical (unpaired) electrons. The molecular weight excluding hydrogens is 358 g/mol. The maximum absolute atomic E-state index is 4.47. The van der Waals surface area contributed by atoms with Gasteiger partial charge in [-0.15, -0.1) is 15.3 Å². The molecule has 0 atom stereocenters. The molecule has 0 bridgehead atoms. The van der Waals surface area contributed by atoms with Crippen molar-refractivity contribution >= 4 is 11.8 Å². The van der Waals surface area contributed by atoms with E-state index in [1.165, 1.54) is 12.8 Å². The first-order valence-electron chi connectivity index (χ1n) is 8.86. The zero-order chi connectivity index (χ0) is 18.1. The number of nitrogens with zero attached hydrogens (tertiary/aromatic N) is 7. The number of thioether (sulfide) groups is 1. The van der Waals surface area contributed by atoms with E-state index in [2.05, 4.69) is 42.4 Å². The van der Waals surface area contributed by atoms with Gasteiger partial charge < -0.3 is 0 Å². The third-order valence-corrected chi connectivity index (χ3v) is 5.41. The van der Waals surface area contributed by atoms with Crippen LogP contribution in [0, 0.1) is 0 Å². The zero-order valence-electron chi connectivity index (χ0n) is 14.5. The Hall–Kier alpha value is -3.00. The molecule has 7 nitrogen and oxygen atoms in total. The lowest BCUT2D eigenvalue weighted by Gasteiger charge is -2.09. The van der Waals surface area contributed by atoms with Gasteiger partial charge in [-0.05, 0) is 47.5 Å². The van der Waals surface area contributed by atoms with Crippen LogP contribution in [0.4, 0.5) is 0 Å². The fourth-order valence-corrected chi connectivity index (χ4v) is 3.86. The molecular formula is C19H17N7S. The van der Waals surface area contributed by atoms with Gasteiger partial charge in [0.05, 0.1) is 11.4 Å². The molecule has 0 amide bonds. The molecule has 2 aromatic heterocycles. The van der Waals surface area contributed by atoms with Crippen LogP contribution in [-0.2, 0) is 5.75 Å². The molecule has 8 heteroatoms. The minimum absolute atomic E-state index is 0.515. The molecule has 1 aliphatic carbocycles. The van der Waals surface area contributed by atoms with E-state index in [0.717, 1.165) is 28.2 Å². The van der Waals surface area contributed by atoms with Crippen LogP contribution in [0.25, 0.3) is 11.4 Å². The molecule has 1 aliphatic rings. The van der Waals surface area contributed by atoms with Gasteiger partial charge in [-0.3, -0.25) is 4.57 Å². The predicted octanol–water partition coefficient (Wildman–Crippen LogP) is 3.41. The Morgan fingerprint density at radius 3 is 2.26 bits per heavy atom. The Labute approximate surface area is 160 Å². The Kier molecular flexibility index (Phi) is 4.17. The Balaban J connectivity index is 1.44. The third-order valence-electron chi connectivity index (χ3n) is 4.48. The molecule has 5 rings (SSSR count). The van der Waals surface area contributed by atoms with Gasteiger partial charge in [0.15, 0.2) is 11.0 Å². The average Bonchev–Trinajstić information content (AvgIpc) is 3.31. The molecule has 0 aliphatic heterocycles. The summed E-state index contributed by atoms with van der Waals surface area (Å²) in [6.45, 7) is 0. The van der Waals surface area contributed by atoms with Crippen molar-refractivity contribution in [3.8, 4) is 11.4 Å². The van der Waals surface area contributed by atoms with E-state index < -0.39 is 0 Å². The van der Waals surface area contributed by atoms with Gasteiger partial charge in [-0.25, -0.2) is 0 Å². The highest BCUT2D eigenvalue weighted by atomic mass is 32.2. The molecule has 1 saturated carbocycles. The van der Waals surface area contributed by atoms with E-state index in [9.17, 15) is 0 Å². The van der Waals surface area contributed by atoms with Crippen LogP contribution < -0.4 is 0 Å². The van der Waals surface area contributed by atoms with Gasteiger partial charge in [0, 0.05) is 11.6 Å². The molecule has 1 fully saturated rings. The number of hydrogen-bond acceptors (Lipinski definition) is 6. The van der Waals surface area contributed by atoms with Crippen LogP contribution in [0.3, 0.4) is 0 Å². The van der Waals surface area contributed by atoms with Crippen molar-refractivity contribution in [2.75, 3.05) is 0 Å². The first-order valence-corrected chi connectivity index (χ1v) is 9.85. The summed E-state index contributed by atoms with van der Waals surface area (Å²) in [7, 11) is 0. The second kappa shape index (κ2) is 6.96. The minimum Gasteiger partial charge on any atom is -0.274 e. The van der Waals surface area contributed by atoms with Gasteiger partial charge in [0.25, 0.3) is 0 Å². The summed E-state index contributed by atoms with van der Waals surface area (Å²) in [5.74, 6) is 2.95. The lowest BCUT2D eigenvalue weighted by Crippen LogP contribution is -2.04. The average molecular weight is 375 g/mol. The molecule has 0 saturated heterocycles. The van der Waals surface area contributed by atoms with Crippen molar-refractivity contribution in [1.82, 2.24) is 35.0 Å². The summed E-state index contributed by atoms with van der Waals surface area (Å²) >= 11 is 1.60. The summed E-state index contributed by atoms with van der Waals surface area (Å²) in [5.41, 5.74) is 2.04. The fourth-order valence-electron chi connectivity index (χ4n) is 2.99. The van der Waals surface area contributed by atoms with Crippen LogP contribution in [0.15, 0.2) is 65.8 Å². The maximum Gasteiger partial charge on any atom is 0.196 e. The highest BCUT2D eigenvalue weighted by molar-refractivity contribution is 7.98. The van der Waals surface area contributed by atoms with Crippen LogP contribution in [0.1, 0.15) is 30.4 Å². The maximum atomic E-state index is 4.47. The highest BCUT2D eigenvalue weighted by Gasteiger charge is 2.31. The van der Waals surface area contributed by atoms with Gasteiger partial charge >= 0.3 is 0 Å². The number of hydrogen-bond donors (Lipinski definition) is 0. The fraction of sp³-hybridized carbons (Fsp3) is 0.211. The summed E-state index contributed by atoms with van der Waals surface area (Å²) in [6.07, 6.45) is 2.36. The second-order valence-corrected chi connectivity index (χ2v) is 7.36. The summed E-state index contributed by atoms with van der Waals surface area (Å²) in [5, 5.41) is 21.9. The monoisotopic (exact) mass is 375 g/mol. The van der Waals surface area contributed by atoms with Crippen molar-refractivity contribution in [2.24, 2.45) is 0 Å². The smallest absolute Gasteiger partial charge is 0.196 e. The van der Waals surface area contributed by atoms with Crippen molar-refractivity contribution in [3.05, 3.63) is 72.3 Å². The number of aromatic nitrogens is 7. The molecule has 27 heavy (non-hydrogen) atoms. The van der Waals surface area contributed by atoms with Crippen LogP contribution in [-0.4, -0.2) is 35.0 Å². The van der Waals surface area contributed by atoms with Crippen molar-refractivity contribution in [1.29, 1.82) is 0 Å². The molecule has 134 valence electrons. The normalized spacial score (nSPS) is 13.8. The Bertz CT molecular complexity index is 1040. The largest absolute Gasteiger partial charge is 0.274 e. The van der Waals surface area contributed by atoms with E-state index in [1.54, 1.807) is 16.4 Å². The first-order chi connectivity index (χ1) is 13.4. The zero-order valence-corrected chi connectivity index (χ0v) is 15.3. The predicted molar refractivity (Wildman–Crippen MR) is 102 cm³/mol. The Morgan fingerprint density at radius 1 is 0.852 bits per heavy atom. The van der Waals surface area contributed by atoms with Crippen LogP contribution in [0.5, 0.6) is 0 Å². The summed E-state index contributed by atoms with van der Waals surface area (Å²) in [4.78, 5) is 0. The molecule has 2 aromatic carbocycles. The van der Waals surface area contributed by atoms with E-state index >= 15 is 0 Å². The SMILES string of the molecule is c1ccc(-n2nnnc2CSc2nnc(C3CC3)n2-c2ccccc2)cc1. The van der Waals surface area contributed by atoms with Crippen molar-refractivity contribution in [2.45, 2.75) is 29.7 Å². The standard InChI is InChI=1S/C19H17N7S/c1-3-7-15(8-4-1)25-18(14-11-12-14)21-22-19(25)27-13-17-20-23-24-26(17)16-9-5-2-6-10-16/h1-10,14H,11-13H2. The van der Waals surface area contributed by atoms with Gasteiger partial charge in [-0.1, -0.05) is 48.2 Å². The number of para-hydroxylation sites is 2. The van der Waals surface area contributed by atoms with E-state index in [-0.39, 0.29) is 0 Å². The lowest BCUT2D eigenvalue weighted by atomic mass is 10.3. The van der Waals surface area contributed by atoms with Crippen LogP contribution in [0.2, 0.25) is 0 Å². The van der Waals surface area contributed by atoms with Crippen molar-refractivity contribution < 1.29 is 0 Å². The second-order valence-electron chi connectivity index (χ2n) is 6.42. The topological polar surface area (TPSA) is 74.3 Å². The summed E-state index contributed by atoms with van der Waals surface area (Å²) in [6, 6.07) is 20.2. The quantitative estimate of drug-likeness (QED) is 0.481. The minimum atomic E-state index is 0.515. The first kappa shape index (κ1) is 16.2. The van der Waals surface area contributed by atoms with Crippen molar-refractivity contribution in [3.63, 3.8) is 0 Å². The van der Waals surface area contributed by atoms with E-state index in [0.29, 0.717) is 11.7 Å². The number of rotatable bonds is 6. The molecule has 0 N–H and O–H groups in total. The Morgan fingerprint density at radius 2 is 1.56 bits per heavy atom. The number of tetrazole rings is 1. The van der Waals surface area contributed by atoms with E-state index in [1.807, 2.05) is 48.5 Å². The molecule has 0 spiro atoms. The van der Waals surface area contributed by atoms with Gasteiger partial charge in [-0.2, -0.15) is 4.68 Å². The molecule has 2 heterocycles. The summed E-state index contributed by atoms with van der Waals surface area (Å²) < 4.78 is 3.93. The molecule has 0 unspecified atom stereocenters. The third kappa shape index (κ3) is 3.23.